The van der Waals surface area contributed by atoms with Gasteiger partial charge in [-0.25, -0.2) is 4.98 Å². The molecule has 0 amide bonds. The Balaban J connectivity index is 1.40. The van der Waals surface area contributed by atoms with Crippen molar-refractivity contribution in [3.8, 4) is 44.8 Å². The Morgan fingerprint density at radius 2 is 0.854 bits per heavy atom. The molecule has 0 aliphatic carbocycles. The first-order chi connectivity index (χ1) is 20.3. The second-order valence-corrected chi connectivity index (χ2v) is 10.4. The number of hydrogen-bond acceptors (Lipinski definition) is 1. The number of aromatic nitrogens is 2. The molecule has 6 aromatic carbocycles. The Hall–Kier alpha value is -5.47. The first-order valence-electron chi connectivity index (χ1n) is 14.0. The van der Waals surface area contributed by atoms with Crippen LogP contribution in [0.25, 0.3) is 72.1 Å². The molecular formula is C39H26N2. The largest absolute Gasteiger partial charge is 0.291 e. The topological polar surface area (TPSA) is 17.3 Å². The summed E-state index contributed by atoms with van der Waals surface area (Å²) in [6.45, 7) is 0. The minimum Gasteiger partial charge on any atom is -0.291 e. The second kappa shape index (κ2) is 9.62. The lowest BCUT2D eigenvalue weighted by molar-refractivity contribution is 1.27. The van der Waals surface area contributed by atoms with Gasteiger partial charge in [0.2, 0.25) is 0 Å². The zero-order valence-corrected chi connectivity index (χ0v) is 22.4. The average Bonchev–Trinajstić information content (AvgIpc) is 3.47. The first kappa shape index (κ1) is 23.4. The van der Waals surface area contributed by atoms with Crippen LogP contribution >= 0.6 is 0 Å². The van der Waals surface area contributed by atoms with Crippen molar-refractivity contribution < 1.29 is 0 Å². The van der Waals surface area contributed by atoms with Gasteiger partial charge in [-0.2, -0.15) is 0 Å². The van der Waals surface area contributed by atoms with E-state index in [0.29, 0.717) is 0 Å². The quantitative estimate of drug-likeness (QED) is 0.210. The number of pyridine rings is 1. The Morgan fingerprint density at radius 3 is 1.51 bits per heavy atom. The lowest BCUT2D eigenvalue weighted by Gasteiger charge is -2.13. The van der Waals surface area contributed by atoms with Crippen LogP contribution in [0, 0.1) is 0 Å². The molecule has 2 aromatic heterocycles. The van der Waals surface area contributed by atoms with Crippen LogP contribution in [0.5, 0.6) is 0 Å². The number of rotatable bonds is 4. The van der Waals surface area contributed by atoms with Crippen LogP contribution in [-0.4, -0.2) is 9.38 Å². The van der Waals surface area contributed by atoms with Gasteiger partial charge < -0.3 is 0 Å². The molecule has 8 aromatic rings. The minimum absolute atomic E-state index is 0.978. The molecule has 2 heteroatoms. The van der Waals surface area contributed by atoms with E-state index in [4.69, 9.17) is 4.98 Å². The third kappa shape index (κ3) is 3.92. The van der Waals surface area contributed by atoms with Crippen molar-refractivity contribution in [1.29, 1.82) is 0 Å². The van der Waals surface area contributed by atoms with Crippen LogP contribution < -0.4 is 0 Å². The van der Waals surface area contributed by atoms with Crippen molar-refractivity contribution in [3.05, 3.63) is 158 Å². The normalized spacial score (nSPS) is 11.4. The second-order valence-electron chi connectivity index (χ2n) is 10.4. The summed E-state index contributed by atoms with van der Waals surface area (Å²) in [5, 5.41) is 3.57. The van der Waals surface area contributed by atoms with E-state index in [9.17, 15) is 0 Å². The summed E-state index contributed by atoms with van der Waals surface area (Å²) in [6, 6.07) is 56.1. The van der Waals surface area contributed by atoms with Gasteiger partial charge in [-0.05, 0) is 39.8 Å². The Bertz CT molecular complexity index is 2160. The van der Waals surface area contributed by atoms with Gasteiger partial charge >= 0.3 is 0 Å². The fourth-order valence-electron chi connectivity index (χ4n) is 6.02. The van der Waals surface area contributed by atoms with Crippen LogP contribution in [0.2, 0.25) is 0 Å². The lowest BCUT2D eigenvalue weighted by atomic mass is 9.97. The molecule has 192 valence electrons. The molecule has 0 aliphatic rings. The number of fused-ring (bicyclic) bond motifs is 6. The highest BCUT2D eigenvalue weighted by atomic mass is 15.0. The van der Waals surface area contributed by atoms with Gasteiger partial charge in [-0.1, -0.05) is 146 Å². The van der Waals surface area contributed by atoms with Crippen molar-refractivity contribution in [2.45, 2.75) is 0 Å². The highest BCUT2D eigenvalue weighted by molar-refractivity contribution is 6.14. The van der Waals surface area contributed by atoms with Crippen LogP contribution in [0.1, 0.15) is 0 Å². The van der Waals surface area contributed by atoms with E-state index in [1.807, 2.05) is 0 Å². The van der Waals surface area contributed by atoms with Crippen molar-refractivity contribution >= 4 is 27.3 Å². The molecule has 0 aliphatic heterocycles. The Morgan fingerprint density at radius 1 is 0.366 bits per heavy atom. The van der Waals surface area contributed by atoms with Gasteiger partial charge in [0.25, 0.3) is 0 Å². The van der Waals surface area contributed by atoms with Crippen molar-refractivity contribution in [1.82, 2.24) is 9.38 Å². The highest BCUT2D eigenvalue weighted by Crippen LogP contribution is 2.40. The molecule has 0 unspecified atom stereocenters. The number of imidazole rings is 1. The summed E-state index contributed by atoms with van der Waals surface area (Å²) in [4.78, 5) is 5.32. The third-order valence-electron chi connectivity index (χ3n) is 7.99. The molecule has 0 spiro atoms. The number of hydrogen-bond donors (Lipinski definition) is 0. The van der Waals surface area contributed by atoms with Crippen molar-refractivity contribution in [2.75, 3.05) is 0 Å². The lowest BCUT2D eigenvalue weighted by Crippen LogP contribution is -1.95. The van der Waals surface area contributed by atoms with Crippen LogP contribution in [0.15, 0.2) is 158 Å². The monoisotopic (exact) mass is 522 g/mol. The Labute approximate surface area is 238 Å². The summed E-state index contributed by atoms with van der Waals surface area (Å²) < 4.78 is 2.36. The molecule has 0 atom stereocenters. The molecule has 0 saturated heterocycles. The van der Waals surface area contributed by atoms with E-state index in [1.165, 1.54) is 33.0 Å². The van der Waals surface area contributed by atoms with E-state index in [1.54, 1.807) is 0 Å². The van der Waals surface area contributed by atoms with Crippen LogP contribution in [-0.2, 0) is 0 Å². The zero-order chi connectivity index (χ0) is 27.2. The fraction of sp³-hybridized carbons (Fsp3) is 0. The fourth-order valence-corrected chi connectivity index (χ4v) is 6.02. The molecule has 8 rings (SSSR count). The van der Waals surface area contributed by atoms with Crippen molar-refractivity contribution in [3.63, 3.8) is 0 Å². The predicted octanol–water partition coefficient (Wildman–Crippen LogP) is 10.3. The molecule has 0 radical (unpaired) electrons. The summed E-state index contributed by atoms with van der Waals surface area (Å²) >= 11 is 0. The molecular weight excluding hydrogens is 496 g/mol. The molecule has 0 bridgehead atoms. The van der Waals surface area contributed by atoms with Gasteiger partial charge in [0, 0.05) is 21.9 Å². The van der Waals surface area contributed by atoms with E-state index >= 15 is 0 Å². The molecule has 41 heavy (non-hydrogen) atoms. The molecule has 2 nitrogen and oxygen atoms in total. The first-order valence-corrected chi connectivity index (χ1v) is 14.0. The summed E-state index contributed by atoms with van der Waals surface area (Å²) in [5.74, 6) is 0. The number of benzene rings is 6. The number of nitrogens with zero attached hydrogens (tertiary/aromatic N) is 2. The predicted molar refractivity (Wildman–Crippen MR) is 172 cm³/mol. The Kier molecular flexibility index (Phi) is 5.49. The molecule has 0 N–H and O–H groups in total. The van der Waals surface area contributed by atoms with Gasteiger partial charge in [-0.3, -0.25) is 4.40 Å². The minimum atomic E-state index is 0.978. The maximum atomic E-state index is 5.32. The zero-order valence-electron chi connectivity index (χ0n) is 22.4. The van der Waals surface area contributed by atoms with Crippen LogP contribution in [0.4, 0.5) is 0 Å². The standard InChI is InChI=1S/C39H26N2/c1-4-12-27(13-5-1)28-20-22-29(23-21-28)32-24-25-36-35(26-32)33-18-10-11-19-34(33)39-40-37(30-14-6-2-7-15-30)38(41(36)39)31-16-8-3-9-17-31/h1-26H. The van der Waals surface area contributed by atoms with Crippen LogP contribution in [0.3, 0.4) is 0 Å². The van der Waals surface area contributed by atoms with Gasteiger partial charge in [0.05, 0.1) is 16.9 Å². The molecule has 2 heterocycles. The van der Waals surface area contributed by atoms with Gasteiger partial charge in [0.1, 0.15) is 5.65 Å². The molecule has 0 saturated carbocycles. The summed E-state index contributed by atoms with van der Waals surface area (Å²) in [5.41, 5.74) is 11.4. The maximum absolute atomic E-state index is 5.32. The smallest absolute Gasteiger partial charge is 0.146 e. The van der Waals surface area contributed by atoms with Gasteiger partial charge in [-0.15, -0.1) is 0 Å². The van der Waals surface area contributed by atoms with Crippen molar-refractivity contribution in [2.24, 2.45) is 0 Å². The van der Waals surface area contributed by atoms with E-state index in [2.05, 4.69) is 162 Å². The van der Waals surface area contributed by atoms with E-state index < -0.39 is 0 Å². The average molecular weight is 523 g/mol. The SMILES string of the molecule is c1ccc(-c2ccc(-c3ccc4c(c3)c3ccccc3c3nc(-c5ccccc5)c(-c5ccccc5)n43)cc2)cc1. The summed E-state index contributed by atoms with van der Waals surface area (Å²) in [7, 11) is 0. The summed E-state index contributed by atoms with van der Waals surface area (Å²) in [6.07, 6.45) is 0. The molecule has 0 fully saturated rings. The van der Waals surface area contributed by atoms with Gasteiger partial charge in [0.15, 0.2) is 0 Å². The van der Waals surface area contributed by atoms with E-state index in [0.717, 1.165) is 39.1 Å². The maximum Gasteiger partial charge on any atom is 0.146 e. The highest BCUT2D eigenvalue weighted by Gasteiger charge is 2.20. The van der Waals surface area contributed by atoms with E-state index in [-0.39, 0.29) is 0 Å². The third-order valence-corrected chi connectivity index (χ3v) is 7.99.